The first-order valence-corrected chi connectivity index (χ1v) is 8.43. The molecule has 3 rings (SSSR count). The van der Waals surface area contributed by atoms with Crippen LogP contribution < -0.4 is 16.0 Å². The Bertz CT molecular complexity index is 828. The summed E-state index contributed by atoms with van der Waals surface area (Å²) < 4.78 is 0. The molecule has 138 valence electrons. The molecule has 0 unspecified atom stereocenters. The van der Waals surface area contributed by atoms with E-state index in [1.165, 1.54) is 0 Å². The molecule has 0 aromatic carbocycles. The van der Waals surface area contributed by atoms with E-state index in [9.17, 15) is 4.79 Å². The molecule has 1 aliphatic heterocycles. The summed E-state index contributed by atoms with van der Waals surface area (Å²) in [7, 11) is 0. The molecule has 9 heteroatoms. The third-order valence-corrected chi connectivity index (χ3v) is 4.01. The summed E-state index contributed by atoms with van der Waals surface area (Å²) in [6, 6.07) is 3.81. The number of fused-ring (bicyclic) bond motifs is 1. The monoisotopic (exact) mass is 375 g/mol. The second kappa shape index (κ2) is 8.74. The van der Waals surface area contributed by atoms with Gasteiger partial charge in [-0.2, -0.15) is 5.26 Å². The zero-order valence-corrected chi connectivity index (χ0v) is 15.6. The van der Waals surface area contributed by atoms with Crippen LogP contribution in [0.1, 0.15) is 32.4 Å². The fraction of sp³-hybridized carbons (Fsp3) is 0.471. The van der Waals surface area contributed by atoms with Crippen molar-refractivity contribution in [1.29, 1.82) is 5.26 Å². The number of aromatic nitrogens is 3. The van der Waals surface area contributed by atoms with Gasteiger partial charge in [0.15, 0.2) is 5.82 Å². The van der Waals surface area contributed by atoms with Crippen molar-refractivity contribution in [3.8, 4) is 6.07 Å². The van der Waals surface area contributed by atoms with Gasteiger partial charge < -0.3 is 10.6 Å². The molecule has 2 aromatic rings. The Hall–Kier alpha value is -2.50. The van der Waals surface area contributed by atoms with Crippen molar-refractivity contribution in [2.45, 2.75) is 32.7 Å². The van der Waals surface area contributed by atoms with E-state index in [2.05, 4.69) is 30.9 Å². The van der Waals surface area contributed by atoms with Gasteiger partial charge in [-0.05, 0) is 39.3 Å². The molecule has 0 saturated carbocycles. The molecule has 1 amide bonds. The number of hydrogen-bond acceptors (Lipinski definition) is 7. The fourth-order valence-electron chi connectivity index (χ4n) is 2.82. The van der Waals surface area contributed by atoms with Crippen molar-refractivity contribution in [2.24, 2.45) is 5.92 Å². The highest BCUT2D eigenvalue weighted by atomic mass is 35.5. The van der Waals surface area contributed by atoms with Gasteiger partial charge in [-0.25, -0.2) is 15.0 Å². The van der Waals surface area contributed by atoms with Gasteiger partial charge >= 0.3 is 0 Å². The second-order valence-corrected chi connectivity index (χ2v) is 6.43. The highest BCUT2D eigenvalue weighted by Crippen LogP contribution is 2.22. The number of hydrogen-bond donors (Lipinski definition) is 3. The van der Waals surface area contributed by atoms with E-state index < -0.39 is 0 Å². The highest BCUT2D eigenvalue weighted by molar-refractivity contribution is 5.94. The van der Waals surface area contributed by atoms with Gasteiger partial charge in [0.05, 0.1) is 5.92 Å². The summed E-state index contributed by atoms with van der Waals surface area (Å²) in [6.45, 7) is 5.58. The first-order chi connectivity index (χ1) is 12.1. The topological polar surface area (TPSA) is 116 Å². The summed E-state index contributed by atoms with van der Waals surface area (Å²) in [5.41, 5.74) is 0.879. The number of amides is 1. The molecule has 0 spiro atoms. The molecule has 1 saturated heterocycles. The Morgan fingerprint density at radius 3 is 2.88 bits per heavy atom. The second-order valence-electron chi connectivity index (χ2n) is 6.43. The van der Waals surface area contributed by atoms with Gasteiger partial charge in [-0.3, -0.25) is 10.1 Å². The Labute approximate surface area is 158 Å². The van der Waals surface area contributed by atoms with Gasteiger partial charge in [-0.1, -0.05) is 0 Å². The number of nitriles is 1. The molecule has 0 bridgehead atoms. The van der Waals surface area contributed by atoms with E-state index in [1.807, 2.05) is 19.9 Å². The molecule has 3 heterocycles. The summed E-state index contributed by atoms with van der Waals surface area (Å²) in [5, 5.41) is 19.0. The van der Waals surface area contributed by atoms with Crippen LogP contribution in [-0.4, -0.2) is 40.0 Å². The maximum atomic E-state index is 12.4. The van der Waals surface area contributed by atoms with Crippen LogP contribution in [0.4, 0.5) is 11.8 Å². The number of carbonyl (C=O) groups excluding carboxylic acids is 1. The van der Waals surface area contributed by atoms with Crippen molar-refractivity contribution in [3.05, 3.63) is 18.0 Å². The van der Waals surface area contributed by atoms with E-state index >= 15 is 0 Å². The number of rotatable bonds is 4. The lowest BCUT2D eigenvalue weighted by molar-refractivity contribution is -0.120. The maximum absolute atomic E-state index is 12.4. The van der Waals surface area contributed by atoms with Gasteiger partial charge in [0.25, 0.3) is 0 Å². The van der Waals surface area contributed by atoms with Crippen LogP contribution in [0, 0.1) is 17.2 Å². The van der Waals surface area contributed by atoms with E-state index in [0.29, 0.717) is 29.0 Å². The Kier molecular flexibility index (Phi) is 6.66. The summed E-state index contributed by atoms with van der Waals surface area (Å²) in [5.74, 6) is 0.620. The predicted octanol–water partition coefficient (Wildman–Crippen LogP) is 2.08. The van der Waals surface area contributed by atoms with Crippen LogP contribution >= 0.6 is 12.4 Å². The lowest BCUT2D eigenvalue weighted by Crippen LogP contribution is -2.37. The summed E-state index contributed by atoms with van der Waals surface area (Å²) in [4.78, 5) is 25.3. The van der Waals surface area contributed by atoms with Gasteiger partial charge in [-0.15, -0.1) is 12.4 Å². The predicted molar refractivity (Wildman–Crippen MR) is 102 cm³/mol. The van der Waals surface area contributed by atoms with Crippen molar-refractivity contribution >= 4 is 41.0 Å². The molecular weight excluding hydrogens is 354 g/mol. The van der Waals surface area contributed by atoms with Crippen LogP contribution in [-0.2, 0) is 4.79 Å². The number of nitrogens with one attached hydrogen (secondary N) is 3. The fourth-order valence-corrected chi connectivity index (χ4v) is 2.82. The smallest absolute Gasteiger partial charge is 0.231 e. The lowest BCUT2D eigenvalue weighted by Gasteiger charge is -2.21. The van der Waals surface area contributed by atoms with Crippen LogP contribution in [0.15, 0.2) is 12.3 Å². The number of anilines is 2. The molecule has 8 nitrogen and oxygen atoms in total. The summed E-state index contributed by atoms with van der Waals surface area (Å²) in [6.07, 6.45) is 3.45. The van der Waals surface area contributed by atoms with Crippen LogP contribution in [0.5, 0.6) is 0 Å². The zero-order chi connectivity index (χ0) is 17.8. The molecule has 1 fully saturated rings. The summed E-state index contributed by atoms with van der Waals surface area (Å²) >= 11 is 0. The van der Waals surface area contributed by atoms with Gasteiger partial charge in [0.1, 0.15) is 17.3 Å². The van der Waals surface area contributed by atoms with E-state index in [-0.39, 0.29) is 36.2 Å². The number of piperidine rings is 1. The molecular formula is C17H22ClN7O. The molecule has 1 atom stereocenters. The third kappa shape index (κ3) is 4.56. The van der Waals surface area contributed by atoms with Crippen LogP contribution in [0.2, 0.25) is 0 Å². The lowest BCUT2D eigenvalue weighted by atomic mass is 9.99. The minimum Gasteiger partial charge on any atom is -0.366 e. The standard InChI is InChI=1S/C17H21N7O.ClH/c1-10(2)21-15-14-12(6-13(7-18)22-15)9-20-17(23-14)24-16(25)11-4-3-5-19-8-11;/h6,9-11,19H,3-5,8H2,1-2H3,(H,21,22)(H,20,23,24,25);1H/t11-;/m0./s1. The quantitative estimate of drug-likeness (QED) is 0.749. The first kappa shape index (κ1) is 19.8. The Morgan fingerprint density at radius 1 is 1.42 bits per heavy atom. The Morgan fingerprint density at radius 2 is 2.23 bits per heavy atom. The van der Waals surface area contributed by atoms with Crippen molar-refractivity contribution in [1.82, 2.24) is 20.3 Å². The van der Waals surface area contributed by atoms with Crippen LogP contribution in [0.25, 0.3) is 10.9 Å². The molecule has 1 aliphatic rings. The number of carbonyl (C=O) groups is 1. The van der Waals surface area contributed by atoms with E-state index in [4.69, 9.17) is 5.26 Å². The average Bonchev–Trinajstić information content (AvgIpc) is 2.62. The first-order valence-electron chi connectivity index (χ1n) is 8.43. The average molecular weight is 376 g/mol. The minimum absolute atomic E-state index is 0. The molecule has 2 aromatic heterocycles. The molecule has 0 radical (unpaired) electrons. The number of halogens is 1. The van der Waals surface area contributed by atoms with Crippen molar-refractivity contribution < 1.29 is 4.79 Å². The zero-order valence-electron chi connectivity index (χ0n) is 14.7. The largest absolute Gasteiger partial charge is 0.366 e. The molecule has 0 aliphatic carbocycles. The third-order valence-electron chi connectivity index (χ3n) is 4.01. The minimum atomic E-state index is -0.0773. The van der Waals surface area contributed by atoms with E-state index in [1.54, 1.807) is 12.3 Å². The maximum Gasteiger partial charge on any atom is 0.231 e. The van der Waals surface area contributed by atoms with Crippen LogP contribution in [0.3, 0.4) is 0 Å². The SMILES string of the molecule is CC(C)Nc1nc(C#N)cc2cnc(NC(=O)[C@H]3CCCNC3)nc12.Cl. The van der Waals surface area contributed by atoms with Gasteiger partial charge in [0.2, 0.25) is 11.9 Å². The highest BCUT2D eigenvalue weighted by Gasteiger charge is 2.22. The number of nitrogens with zero attached hydrogens (tertiary/aromatic N) is 4. The van der Waals surface area contributed by atoms with Gasteiger partial charge in [0, 0.05) is 24.2 Å². The molecule has 3 N–H and O–H groups in total. The van der Waals surface area contributed by atoms with E-state index in [0.717, 1.165) is 19.4 Å². The number of pyridine rings is 1. The normalized spacial score (nSPS) is 16.6. The van der Waals surface area contributed by atoms with Crippen molar-refractivity contribution in [2.75, 3.05) is 23.7 Å². The molecule has 26 heavy (non-hydrogen) atoms. The van der Waals surface area contributed by atoms with Crippen molar-refractivity contribution in [3.63, 3.8) is 0 Å². The Balaban J connectivity index is 0.00000243.